The van der Waals surface area contributed by atoms with Crippen molar-refractivity contribution in [2.24, 2.45) is 0 Å². The third-order valence-electron chi connectivity index (χ3n) is 3.85. The molecule has 2 aromatic rings. The molecule has 1 aliphatic rings. The first-order valence-electron chi connectivity index (χ1n) is 7.49. The number of imide groups is 1. The number of halogens is 1. The molecule has 0 saturated carbocycles. The highest BCUT2D eigenvalue weighted by Crippen LogP contribution is 2.25. The number of amides is 3. The summed E-state index contributed by atoms with van der Waals surface area (Å²) >= 11 is 3.38. The summed E-state index contributed by atoms with van der Waals surface area (Å²) in [6.07, 6.45) is 0.431. The van der Waals surface area contributed by atoms with Gasteiger partial charge in [-0.2, -0.15) is 0 Å². The van der Waals surface area contributed by atoms with E-state index in [1.165, 1.54) is 0 Å². The van der Waals surface area contributed by atoms with Crippen LogP contribution in [0.25, 0.3) is 0 Å². The number of rotatable bonds is 3. The number of carbonyl (C=O) groups is 3. The fourth-order valence-corrected chi connectivity index (χ4v) is 3.09. The van der Waals surface area contributed by atoms with Gasteiger partial charge in [-0.15, -0.1) is 0 Å². The highest BCUT2D eigenvalue weighted by molar-refractivity contribution is 9.10. The van der Waals surface area contributed by atoms with Crippen molar-refractivity contribution in [1.82, 2.24) is 0 Å². The van der Waals surface area contributed by atoms with Gasteiger partial charge in [0, 0.05) is 28.6 Å². The Hall–Kier alpha value is -2.47. The van der Waals surface area contributed by atoms with Gasteiger partial charge in [0.2, 0.25) is 11.8 Å². The Balaban J connectivity index is 1.84. The van der Waals surface area contributed by atoms with Crippen LogP contribution < -0.4 is 10.2 Å². The highest BCUT2D eigenvalue weighted by Gasteiger charge is 2.30. The normalized spacial score (nSPS) is 14.2. The van der Waals surface area contributed by atoms with Crippen LogP contribution in [0.1, 0.15) is 28.8 Å². The van der Waals surface area contributed by atoms with E-state index in [0.29, 0.717) is 16.9 Å². The zero-order valence-corrected chi connectivity index (χ0v) is 14.6. The van der Waals surface area contributed by atoms with E-state index >= 15 is 0 Å². The van der Waals surface area contributed by atoms with Crippen LogP contribution in [-0.2, 0) is 9.59 Å². The van der Waals surface area contributed by atoms with Crippen LogP contribution in [0, 0.1) is 6.92 Å². The van der Waals surface area contributed by atoms with Crippen molar-refractivity contribution >= 4 is 45.0 Å². The van der Waals surface area contributed by atoms with E-state index in [1.54, 1.807) is 24.3 Å². The van der Waals surface area contributed by atoms with Crippen molar-refractivity contribution in [1.29, 1.82) is 0 Å². The van der Waals surface area contributed by atoms with Gasteiger partial charge in [0.25, 0.3) is 5.91 Å². The van der Waals surface area contributed by atoms with Gasteiger partial charge < -0.3 is 5.32 Å². The maximum atomic E-state index is 12.5. The number of anilines is 2. The molecule has 24 heavy (non-hydrogen) atoms. The summed E-state index contributed by atoms with van der Waals surface area (Å²) in [4.78, 5) is 37.3. The van der Waals surface area contributed by atoms with Crippen LogP contribution in [0.2, 0.25) is 0 Å². The van der Waals surface area contributed by atoms with Crippen molar-refractivity contribution in [2.75, 3.05) is 10.2 Å². The average Bonchev–Trinajstić information content (AvgIpc) is 2.89. The summed E-state index contributed by atoms with van der Waals surface area (Å²) in [6, 6.07) is 12.1. The minimum atomic E-state index is -0.290. The lowest BCUT2D eigenvalue weighted by atomic mass is 10.1. The molecule has 0 unspecified atom stereocenters. The van der Waals surface area contributed by atoms with Gasteiger partial charge in [0.1, 0.15) is 0 Å². The molecule has 5 nitrogen and oxygen atoms in total. The minimum Gasteiger partial charge on any atom is -0.322 e. The van der Waals surface area contributed by atoms with Crippen molar-refractivity contribution in [2.45, 2.75) is 19.8 Å². The third kappa shape index (κ3) is 3.23. The Labute approximate surface area is 147 Å². The fraction of sp³-hybridized carbons (Fsp3) is 0.167. The van der Waals surface area contributed by atoms with Gasteiger partial charge in [-0.3, -0.25) is 19.3 Å². The molecular weight excluding hydrogens is 372 g/mol. The number of nitrogens with zero attached hydrogens (tertiary/aromatic N) is 1. The molecule has 1 aliphatic heterocycles. The van der Waals surface area contributed by atoms with E-state index in [4.69, 9.17) is 0 Å². The Kier molecular flexibility index (Phi) is 4.49. The first-order valence-corrected chi connectivity index (χ1v) is 8.28. The molecule has 1 N–H and O–H groups in total. The quantitative estimate of drug-likeness (QED) is 0.818. The number of hydrogen-bond acceptors (Lipinski definition) is 3. The Bertz CT molecular complexity index is 832. The van der Waals surface area contributed by atoms with Gasteiger partial charge in [0.05, 0.1) is 5.69 Å². The average molecular weight is 387 g/mol. The van der Waals surface area contributed by atoms with Crippen molar-refractivity contribution in [3.8, 4) is 0 Å². The molecule has 122 valence electrons. The van der Waals surface area contributed by atoms with E-state index < -0.39 is 0 Å². The Morgan fingerprint density at radius 3 is 2.46 bits per heavy atom. The number of carbonyl (C=O) groups excluding carboxylic acids is 3. The first kappa shape index (κ1) is 16.4. The zero-order chi connectivity index (χ0) is 17.3. The molecule has 0 atom stereocenters. The summed E-state index contributed by atoms with van der Waals surface area (Å²) in [6.45, 7) is 1.90. The van der Waals surface area contributed by atoms with E-state index in [-0.39, 0.29) is 30.6 Å². The molecule has 2 aromatic carbocycles. The maximum Gasteiger partial charge on any atom is 0.255 e. The number of benzene rings is 2. The molecule has 0 aliphatic carbocycles. The number of aryl methyl sites for hydroxylation is 1. The van der Waals surface area contributed by atoms with Gasteiger partial charge in [-0.05, 0) is 48.9 Å². The van der Waals surface area contributed by atoms with Crippen LogP contribution in [0.15, 0.2) is 46.9 Å². The largest absolute Gasteiger partial charge is 0.322 e. The lowest BCUT2D eigenvalue weighted by molar-refractivity contribution is -0.121. The molecule has 0 bridgehead atoms. The predicted molar refractivity (Wildman–Crippen MR) is 95.0 cm³/mol. The lowest BCUT2D eigenvalue weighted by Gasteiger charge is -2.15. The molecule has 6 heteroatoms. The standard InChI is InChI=1S/C18H15BrN2O3/c1-11-9-13(19)5-6-15(11)20-18(24)12-3-2-4-14(10-12)21-16(22)7-8-17(21)23/h2-6,9-10H,7-8H2,1H3,(H,20,24). The topological polar surface area (TPSA) is 66.5 Å². The molecule has 3 amide bonds. The van der Waals surface area contributed by atoms with E-state index in [9.17, 15) is 14.4 Å². The Morgan fingerprint density at radius 1 is 1.08 bits per heavy atom. The van der Waals surface area contributed by atoms with Crippen LogP contribution in [0.4, 0.5) is 11.4 Å². The van der Waals surface area contributed by atoms with Gasteiger partial charge in [0.15, 0.2) is 0 Å². The number of hydrogen-bond donors (Lipinski definition) is 1. The van der Waals surface area contributed by atoms with Crippen molar-refractivity contribution in [3.63, 3.8) is 0 Å². The van der Waals surface area contributed by atoms with Crippen LogP contribution in [0.3, 0.4) is 0 Å². The molecule has 0 aromatic heterocycles. The fourth-order valence-electron chi connectivity index (χ4n) is 2.61. The van der Waals surface area contributed by atoms with Crippen LogP contribution >= 0.6 is 15.9 Å². The van der Waals surface area contributed by atoms with Crippen LogP contribution in [-0.4, -0.2) is 17.7 Å². The molecule has 0 spiro atoms. The van der Waals surface area contributed by atoms with E-state index in [2.05, 4.69) is 21.2 Å². The zero-order valence-electron chi connectivity index (χ0n) is 13.0. The maximum absolute atomic E-state index is 12.5. The van der Waals surface area contributed by atoms with Crippen LogP contribution in [0.5, 0.6) is 0 Å². The summed E-state index contributed by atoms with van der Waals surface area (Å²) < 4.78 is 0.936. The van der Waals surface area contributed by atoms with Crippen molar-refractivity contribution < 1.29 is 14.4 Å². The second kappa shape index (κ2) is 6.57. The third-order valence-corrected chi connectivity index (χ3v) is 4.35. The summed E-state index contributed by atoms with van der Waals surface area (Å²) in [5.74, 6) is -0.760. The van der Waals surface area contributed by atoms with Crippen molar-refractivity contribution in [3.05, 3.63) is 58.1 Å². The second-order valence-electron chi connectivity index (χ2n) is 5.59. The highest BCUT2D eigenvalue weighted by atomic mass is 79.9. The smallest absolute Gasteiger partial charge is 0.255 e. The number of nitrogens with one attached hydrogen (secondary N) is 1. The molecule has 3 rings (SSSR count). The minimum absolute atomic E-state index is 0.216. The Morgan fingerprint density at radius 2 is 1.79 bits per heavy atom. The molecule has 0 radical (unpaired) electrons. The molecule has 1 fully saturated rings. The monoisotopic (exact) mass is 386 g/mol. The first-order chi connectivity index (χ1) is 11.5. The lowest BCUT2D eigenvalue weighted by Crippen LogP contribution is -2.28. The second-order valence-corrected chi connectivity index (χ2v) is 6.50. The molecular formula is C18H15BrN2O3. The summed E-state index contributed by atoms with van der Waals surface area (Å²) in [5, 5.41) is 2.85. The molecule has 1 heterocycles. The summed E-state index contributed by atoms with van der Waals surface area (Å²) in [5.41, 5.74) is 2.46. The summed E-state index contributed by atoms with van der Waals surface area (Å²) in [7, 11) is 0. The molecule has 1 saturated heterocycles. The van der Waals surface area contributed by atoms with Gasteiger partial charge in [-0.25, -0.2) is 0 Å². The van der Waals surface area contributed by atoms with Gasteiger partial charge in [-0.1, -0.05) is 22.0 Å². The van der Waals surface area contributed by atoms with E-state index in [1.807, 2.05) is 25.1 Å². The van der Waals surface area contributed by atoms with Gasteiger partial charge >= 0.3 is 0 Å². The van der Waals surface area contributed by atoms with E-state index in [0.717, 1.165) is 14.9 Å². The predicted octanol–water partition coefficient (Wildman–Crippen LogP) is 3.66. The SMILES string of the molecule is Cc1cc(Br)ccc1NC(=O)c1cccc(N2C(=O)CCC2=O)c1.